The number of hydrogen-bond acceptors (Lipinski definition) is 4. The molecule has 0 unspecified atom stereocenters. The minimum absolute atomic E-state index is 0.113. The van der Waals surface area contributed by atoms with Gasteiger partial charge in [-0.3, -0.25) is 14.5 Å². The van der Waals surface area contributed by atoms with Crippen LogP contribution >= 0.6 is 0 Å². The predicted octanol–water partition coefficient (Wildman–Crippen LogP) is 3.33. The number of carbonyl (C=O) groups excluding carboxylic acids is 1. The molecule has 3 aromatic heterocycles. The lowest BCUT2D eigenvalue weighted by Crippen LogP contribution is -2.23. The summed E-state index contributed by atoms with van der Waals surface area (Å²) in [6, 6.07) is 10.5. The molecule has 0 saturated heterocycles. The Labute approximate surface area is 160 Å². The van der Waals surface area contributed by atoms with E-state index in [9.17, 15) is 9.18 Å². The second-order valence-electron chi connectivity index (χ2n) is 6.90. The fraction of sp³-hybridized carbons (Fsp3) is 0.143. The van der Waals surface area contributed by atoms with E-state index < -0.39 is 0 Å². The zero-order chi connectivity index (χ0) is 19.3. The molecular weight excluding hydrogens is 357 g/mol. The van der Waals surface area contributed by atoms with E-state index in [1.807, 2.05) is 25.4 Å². The summed E-state index contributed by atoms with van der Waals surface area (Å²) in [6.45, 7) is 0.610. The fourth-order valence-corrected chi connectivity index (χ4v) is 3.56. The van der Waals surface area contributed by atoms with Gasteiger partial charge in [-0.1, -0.05) is 12.1 Å². The lowest BCUT2D eigenvalue weighted by Gasteiger charge is -2.16. The van der Waals surface area contributed by atoms with Gasteiger partial charge >= 0.3 is 0 Å². The highest BCUT2D eigenvalue weighted by atomic mass is 19.1. The van der Waals surface area contributed by atoms with Crippen molar-refractivity contribution in [3.05, 3.63) is 77.6 Å². The molecule has 4 heterocycles. The summed E-state index contributed by atoms with van der Waals surface area (Å²) >= 11 is 0. The van der Waals surface area contributed by atoms with E-state index in [-0.39, 0.29) is 18.3 Å². The molecule has 138 valence electrons. The molecule has 0 atom stereocenters. The number of aromatic nitrogens is 4. The highest BCUT2D eigenvalue weighted by Crippen LogP contribution is 2.27. The first-order valence-electron chi connectivity index (χ1n) is 8.90. The molecule has 0 radical (unpaired) electrons. The van der Waals surface area contributed by atoms with Crippen LogP contribution in [0.1, 0.15) is 21.6 Å². The molecule has 7 heteroatoms. The molecule has 0 saturated carbocycles. The van der Waals surface area contributed by atoms with Gasteiger partial charge in [-0.25, -0.2) is 9.37 Å². The third-order valence-electron chi connectivity index (χ3n) is 4.97. The monoisotopic (exact) mass is 373 g/mol. The van der Waals surface area contributed by atoms with Crippen LogP contribution in [0.3, 0.4) is 0 Å². The van der Waals surface area contributed by atoms with Crippen molar-refractivity contribution in [3.8, 4) is 11.1 Å². The molecule has 0 bridgehead atoms. The smallest absolute Gasteiger partial charge is 0.256 e. The van der Waals surface area contributed by atoms with Crippen LogP contribution in [0.5, 0.6) is 0 Å². The summed E-state index contributed by atoms with van der Waals surface area (Å²) in [7, 11) is 1.84. The summed E-state index contributed by atoms with van der Waals surface area (Å²) in [5.41, 5.74) is 4.01. The Bertz CT molecular complexity index is 1230. The second-order valence-corrected chi connectivity index (χ2v) is 6.90. The van der Waals surface area contributed by atoms with Gasteiger partial charge in [0.1, 0.15) is 5.82 Å². The zero-order valence-corrected chi connectivity index (χ0v) is 15.1. The molecule has 1 amide bonds. The number of nitrogens with zero attached hydrogens (tertiary/aromatic N) is 5. The second kappa shape index (κ2) is 6.23. The van der Waals surface area contributed by atoms with Gasteiger partial charge in [0.05, 0.1) is 17.8 Å². The first kappa shape index (κ1) is 16.6. The molecule has 1 aromatic carbocycles. The van der Waals surface area contributed by atoms with Gasteiger partial charge in [-0.2, -0.15) is 5.10 Å². The molecule has 0 N–H and O–H groups in total. The number of aryl methyl sites for hydroxylation is 1. The number of halogens is 1. The topological polar surface area (TPSA) is 63.9 Å². The maximum Gasteiger partial charge on any atom is 0.256 e. The highest BCUT2D eigenvalue weighted by molar-refractivity contribution is 5.97. The number of amides is 1. The van der Waals surface area contributed by atoms with Gasteiger partial charge in [0.2, 0.25) is 0 Å². The Morgan fingerprint density at radius 2 is 2.04 bits per heavy atom. The first-order chi connectivity index (χ1) is 13.6. The van der Waals surface area contributed by atoms with Crippen LogP contribution in [0.25, 0.3) is 22.2 Å². The van der Waals surface area contributed by atoms with Crippen molar-refractivity contribution < 1.29 is 9.18 Å². The zero-order valence-electron chi connectivity index (χ0n) is 15.1. The van der Waals surface area contributed by atoms with Crippen LogP contribution in [-0.2, 0) is 20.1 Å². The van der Waals surface area contributed by atoms with Crippen LogP contribution in [0.15, 0.2) is 55.0 Å². The van der Waals surface area contributed by atoms with Crippen molar-refractivity contribution in [1.29, 1.82) is 0 Å². The summed E-state index contributed by atoms with van der Waals surface area (Å²) in [6.07, 6.45) is 5.23. The number of rotatable bonds is 3. The maximum atomic E-state index is 14.8. The molecule has 0 spiro atoms. The largest absolute Gasteiger partial charge is 0.328 e. The van der Waals surface area contributed by atoms with E-state index in [1.165, 1.54) is 6.07 Å². The van der Waals surface area contributed by atoms with Crippen LogP contribution in [0, 0.1) is 5.82 Å². The minimum Gasteiger partial charge on any atom is -0.328 e. The van der Waals surface area contributed by atoms with Crippen molar-refractivity contribution in [2.24, 2.45) is 7.05 Å². The standard InChI is InChI=1S/C21H16FN5O/c1-26-10-16-7-15(9-24-20(16)25-26)13-4-5-14(18(22)8-13)11-27-12-19-17(21(27)28)3-2-6-23-19/h2-10H,11-12H2,1H3. The molecule has 1 aliphatic heterocycles. The molecule has 1 aliphatic rings. The normalized spacial score (nSPS) is 13.4. The summed E-state index contributed by atoms with van der Waals surface area (Å²) in [5.74, 6) is -0.460. The van der Waals surface area contributed by atoms with Crippen LogP contribution < -0.4 is 0 Å². The predicted molar refractivity (Wildman–Crippen MR) is 102 cm³/mol. The van der Waals surface area contributed by atoms with E-state index in [4.69, 9.17) is 0 Å². The molecule has 0 fully saturated rings. The molecule has 0 aliphatic carbocycles. The Kier molecular flexibility index (Phi) is 3.68. The van der Waals surface area contributed by atoms with E-state index in [2.05, 4.69) is 15.1 Å². The van der Waals surface area contributed by atoms with Crippen LogP contribution in [0.4, 0.5) is 4.39 Å². The Morgan fingerprint density at radius 1 is 1.14 bits per heavy atom. The number of pyridine rings is 2. The lowest BCUT2D eigenvalue weighted by molar-refractivity contribution is 0.0765. The number of benzene rings is 1. The molecular formula is C21H16FN5O. The average molecular weight is 373 g/mol. The van der Waals surface area contributed by atoms with Gasteiger partial charge in [0, 0.05) is 48.7 Å². The lowest BCUT2D eigenvalue weighted by atomic mass is 10.0. The van der Waals surface area contributed by atoms with Crippen LogP contribution in [-0.4, -0.2) is 30.6 Å². The van der Waals surface area contributed by atoms with Crippen molar-refractivity contribution >= 4 is 16.9 Å². The average Bonchev–Trinajstić information content (AvgIpc) is 3.22. The van der Waals surface area contributed by atoms with Gasteiger partial charge in [-0.05, 0) is 29.8 Å². The first-order valence-corrected chi connectivity index (χ1v) is 8.90. The summed E-state index contributed by atoms with van der Waals surface area (Å²) in [5, 5.41) is 5.15. The molecule has 28 heavy (non-hydrogen) atoms. The summed E-state index contributed by atoms with van der Waals surface area (Å²) < 4.78 is 16.5. The van der Waals surface area contributed by atoms with Gasteiger partial charge in [0.25, 0.3) is 5.91 Å². The van der Waals surface area contributed by atoms with E-state index in [0.717, 1.165) is 22.2 Å². The maximum absolute atomic E-state index is 14.8. The van der Waals surface area contributed by atoms with Crippen LogP contribution in [0.2, 0.25) is 0 Å². The Balaban J connectivity index is 1.41. The minimum atomic E-state index is -0.347. The third-order valence-corrected chi connectivity index (χ3v) is 4.97. The highest BCUT2D eigenvalue weighted by Gasteiger charge is 2.28. The number of hydrogen-bond donors (Lipinski definition) is 0. The van der Waals surface area contributed by atoms with Crippen molar-refractivity contribution in [2.75, 3.05) is 0 Å². The SMILES string of the molecule is Cn1cc2cc(-c3ccc(CN4Cc5ncccc5C4=O)c(F)c3)cnc2n1. The summed E-state index contributed by atoms with van der Waals surface area (Å²) in [4.78, 5) is 22.7. The molecule has 6 nitrogen and oxygen atoms in total. The molecule has 5 rings (SSSR count). The van der Waals surface area contributed by atoms with E-state index in [1.54, 1.807) is 40.2 Å². The Hall–Kier alpha value is -3.61. The Morgan fingerprint density at radius 3 is 2.86 bits per heavy atom. The van der Waals surface area contributed by atoms with E-state index >= 15 is 0 Å². The van der Waals surface area contributed by atoms with Gasteiger partial charge in [-0.15, -0.1) is 0 Å². The van der Waals surface area contributed by atoms with Crippen molar-refractivity contribution in [2.45, 2.75) is 13.1 Å². The van der Waals surface area contributed by atoms with E-state index in [0.29, 0.717) is 23.3 Å². The number of fused-ring (bicyclic) bond motifs is 2. The van der Waals surface area contributed by atoms with Crippen molar-refractivity contribution in [1.82, 2.24) is 24.6 Å². The van der Waals surface area contributed by atoms with Gasteiger partial charge in [0.15, 0.2) is 5.65 Å². The fourth-order valence-electron chi connectivity index (χ4n) is 3.56. The molecule has 4 aromatic rings. The van der Waals surface area contributed by atoms with Gasteiger partial charge < -0.3 is 4.90 Å². The van der Waals surface area contributed by atoms with Crippen molar-refractivity contribution in [3.63, 3.8) is 0 Å². The quantitative estimate of drug-likeness (QED) is 0.553. The number of carbonyl (C=O) groups is 1. The third kappa shape index (κ3) is 2.72.